The predicted octanol–water partition coefficient (Wildman–Crippen LogP) is 5.93. The van der Waals surface area contributed by atoms with Gasteiger partial charge in [0.25, 0.3) is 0 Å². The van der Waals surface area contributed by atoms with Gasteiger partial charge >= 0.3 is 6.18 Å². The van der Waals surface area contributed by atoms with Gasteiger partial charge < -0.3 is 0 Å². The summed E-state index contributed by atoms with van der Waals surface area (Å²) in [6.07, 6.45) is -4.71. The maximum absolute atomic E-state index is 13.8. The molecule has 3 nitrogen and oxygen atoms in total. The number of carbonyl (C=O) groups excluding carboxylic acids is 2. The number of carbonyl (C=O) groups is 2. The molecule has 0 radical (unpaired) electrons. The van der Waals surface area contributed by atoms with Crippen LogP contribution in [-0.4, -0.2) is 11.8 Å². The molecule has 33 heavy (non-hydrogen) atoms. The lowest BCUT2D eigenvalue weighted by Crippen LogP contribution is -2.51. The van der Waals surface area contributed by atoms with Crippen LogP contribution in [0.3, 0.4) is 0 Å². The molecule has 4 aliphatic rings. The highest BCUT2D eigenvalue weighted by atomic mass is 35.5. The highest BCUT2D eigenvalue weighted by Crippen LogP contribution is 2.64. The molecule has 1 aliphatic heterocycles. The SMILES string of the molecule is CC12c3ccccc3C(c3ccccc31)C1C(=O)N(c3ccc(Cl)c(C(F)(F)F)c3)C(=O)C12. The van der Waals surface area contributed by atoms with Crippen LogP contribution in [0.4, 0.5) is 18.9 Å². The molecule has 2 unspecified atom stereocenters. The van der Waals surface area contributed by atoms with E-state index in [0.717, 1.165) is 39.3 Å². The number of imide groups is 1. The molecule has 0 saturated carbocycles. The fourth-order valence-corrected chi connectivity index (χ4v) is 6.50. The summed E-state index contributed by atoms with van der Waals surface area (Å²) >= 11 is 5.77. The van der Waals surface area contributed by atoms with E-state index in [2.05, 4.69) is 0 Å². The van der Waals surface area contributed by atoms with E-state index in [-0.39, 0.29) is 11.6 Å². The Hall–Kier alpha value is -3.12. The van der Waals surface area contributed by atoms with Crippen molar-refractivity contribution in [3.63, 3.8) is 0 Å². The summed E-state index contributed by atoms with van der Waals surface area (Å²) in [6.45, 7) is 1.97. The van der Waals surface area contributed by atoms with Crippen LogP contribution >= 0.6 is 11.6 Å². The van der Waals surface area contributed by atoms with E-state index < -0.39 is 45.8 Å². The molecule has 3 aliphatic carbocycles. The second-order valence-corrected chi connectivity index (χ2v) is 9.44. The monoisotopic (exact) mass is 467 g/mol. The molecule has 2 amide bonds. The van der Waals surface area contributed by atoms with Crippen LogP contribution in [0, 0.1) is 11.8 Å². The van der Waals surface area contributed by atoms with Crippen LogP contribution < -0.4 is 4.90 Å². The second kappa shape index (κ2) is 6.48. The molecule has 2 atom stereocenters. The lowest BCUT2D eigenvalue weighted by Gasteiger charge is -2.52. The number of halogens is 4. The number of alkyl halides is 3. The van der Waals surface area contributed by atoms with Crippen LogP contribution in [0.15, 0.2) is 66.7 Å². The zero-order valence-corrected chi connectivity index (χ0v) is 18.1. The Morgan fingerprint density at radius 1 is 0.879 bits per heavy atom. The molecule has 0 aromatic heterocycles. The van der Waals surface area contributed by atoms with Crippen molar-refractivity contribution in [3.05, 3.63) is 99.6 Å². The third-order valence-electron chi connectivity index (χ3n) is 7.56. The number of anilines is 1. The molecule has 2 bridgehead atoms. The van der Waals surface area contributed by atoms with E-state index in [4.69, 9.17) is 11.6 Å². The average molecular weight is 468 g/mol. The molecule has 7 rings (SSSR count). The fraction of sp³-hybridized carbons (Fsp3) is 0.231. The van der Waals surface area contributed by atoms with Crippen LogP contribution in [-0.2, 0) is 21.2 Å². The van der Waals surface area contributed by atoms with Gasteiger partial charge in [0, 0.05) is 11.3 Å². The van der Waals surface area contributed by atoms with Gasteiger partial charge in [0.15, 0.2) is 0 Å². The molecule has 1 fully saturated rings. The Bertz CT molecular complexity index is 1320. The van der Waals surface area contributed by atoms with Gasteiger partial charge in [-0.2, -0.15) is 13.2 Å². The van der Waals surface area contributed by atoms with Gasteiger partial charge in [-0.3, -0.25) is 9.59 Å². The number of hydrogen-bond donors (Lipinski definition) is 0. The predicted molar refractivity (Wildman–Crippen MR) is 117 cm³/mol. The van der Waals surface area contributed by atoms with E-state index >= 15 is 0 Å². The molecule has 1 heterocycles. The third-order valence-corrected chi connectivity index (χ3v) is 7.89. The molecular formula is C26H17ClF3NO2. The first-order valence-electron chi connectivity index (χ1n) is 10.6. The Morgan fingerprint density at radius 3 is 2.03 bits per heavy atom. The Morgan fingerprint density at radius 2 is 1.45 bits per heavy atom. The number of benzene rings is 3. The zero-order chi connectivity index (χ0) is 23.3. The summed E-state index contributed by atoms with van der Waals surface area (Å²) in [5, 5.41) is -0.477. The summed E-state index contributed by atoms with van der Waals surface area (Å²) in [5.41, 5.74) is 2.03. The van der Waals surface area contributed by atoms with Crippen molar-refractivity contribution in [1.82, 2.24) is 0 Å². The van der Waals surface area contributed by atoms with Gasteiger partial charge in [-0.25, -0.2) is 4.90 Å². The third kappa shape index (κ3) is 2.47. The highest BCUT2D eigenvalue weighted by molar-refractivity contribution is 6.31. The summed E-state index contributed by atoms with van der Waals surface area (Å²) < 4.78 is 40.5. The average Bonchev–Trinajstić information content (AvgIpc) is 3.05. The molecule has 1 saturated heterocycles. The maximum atomic E-state index is 13.8. The van der Waals surface area contributed by atoms with E-state index in [1.54, 1.807) is 0 Å². The minimum atomic E-state index is -4.71. The maximum Gasteiger partial charge on any atom is 0.417 e. The van der Waals surface area contributed by atoms with Crippen molar-refractivity contribution in [1.29, 1.82) is 0 Å². The topological polar surface area (TPSA) is 37.4 Å². The van der Waals surface area contributed by atoms with E-state index in [1.165, 1.54) is 6.07 Å². The molecular weight excluding hydrogens is 451 g/mol. The fourth-order valence-electron chi connectivity index (χ4n) is 6.27. The minimum Gasteiger partial charge on any atom is -0.274 e. The van der Waals surface area contributed by atoms with Crippen molar-refractivity contribution in [3.8, 4) is 0 Å². The van der Waals surface area contributed by atoms with Crippen molar-refractivity contribution >= 4 is 29.1 Å². The first-order valence-corrected chi connectivity index (χ1v) is 11.0. The number of rotatable bonds is 1. The van der Waals surface area contributed by atoms with Gasteiger partial charge in [-0.1, -0.05) is 67.1 Å². The van der Waals surface area contributed by atoms with Crippen molar-refractivity contribution in [2.45, 2.75) is 24.4 Å². The number of nitrogens with zero attached hydrogens (tertiary/aromatic N) is 1. The number of amides is 2. The zero-order valence-electron chi connectivity index (χ0n) is 17.4. The second-order valence-electron chi connectivity index (χ2n) is 9.03. The van der Waals surface area contributed by atoms with Crippen LogP contribution in [0.5, 0.6) is 0 Å². The molecule has 0 spiro atoms. The highest BCUT2D eigenvalue weighted by Gasteiger charge is 2.66. The van der Waals surface area contributed by atoms with E-state index in [0.29, 0.717) is 0 Å². The summed E-state index contributed by atoms with van der Waals surface area (Å²) in [7, 11) is 0. The van der Waals surface area contributed by atoms with Crippen LogP contribution in [0.2, 0.25) is 5.02 Å². The lowest BCUT2D eigenvalue weighted by molar-refractivity contribution is -0.137. The summed E-state index contributed by atoms with van der Waals surface area (Å²) in [6, 6.07) is 18.8. The van der Waals surface area contributed by atoms with Gasteiger partial charge in [-0.15, -0.1) is 0 Å². The summed E-state index contributed by atoms with van der Waals surface area (Å²) in [5.74, 6) is -2.67. The van der Waals surface area contributed by atoms with Crippen LogP contribution in [0.25, 0.3) is 0 Å². The largest absolute Gasteiger partial charge is 0.417 e. The van der Waals surface area contributed by atoms with Crippen molar-refractivity contribution < 1.29 is 22.8 Å². The quantitative estimate of drug-likeness (QED) is 0.416. The minimum absolute atomic E-state index is 0.104. The Balaban J connectivity index is 1.56. The van der Waals surface area contributed by atoms with Crippen molar-refractivity contribution in [2.75, 3.05) is 4.90 Å². The Labute approximate surface area is 192 Å². The van der Waals surface area contributed by atoms with E-state index in [1.807, 2.05) is 55.5 Å². The smallest absolute Gasteiger partial charge is 0.274 e. The van der Waals surface area contributed by atoms with Crippen LogP contribution in [0.1, 0.15) is 40.7 Å². The van der Waals surface area contributed by atoms with Gasteiger partial charge in [0.1, 0.15) is 0 Å². The van der Waals surface area contributed by atoms with Crippen molar-refractivity contribution in [2.24, 2.45) is 11.8 Å². The first kappa shape index (κ1) is 20.5. The molecule has 3 aromatic carbocycles. The van der Waals surface area contributed by atoms with Gasteiger partial charge in [0.2, 0.25) is 11.8 Å². The van der Waals surface area contributed by atoms with E-state index in [9.17, 15) is 22.8 Å². The normalized spacial score (nSPS) is 27.4. The first-order chi connectivity index (χ1) is 15.7. The van der Waals surface area contributed by atoms with Gasteiger partial charge in [-0.05, 0) is 40.5 Å². The summed E-state index contributed by atoms with van der Waals surface area (Å²) in [4.78, 5) is 28.5. The molecule has 166 valence electrons. The number of hydrogen-bond acceptors (Lipinski definition) is 2. The molecule has 7 heteroatoms. The van der Waals surface area contributed by atoms with Gasteiger partial charge in [0.05, 0.1) is 28.1 Å². The molecule has 0 N–H and O–H groups in total. The lowest BCUT2D eigenvalue weighted by atomic mass is 9.48. The molecule has 3 aromatic rings. The standard InChI is InChI=1S/C26H17ClF3NO2/c1-25-16-8-4-2-6-14(16)20(15-7-3-5-9-17(15)25)21-22(25)24(33)31(23(21)32)13-10-11-19(27)18(12-13)26(28,29)30/h2-12,20-22H,1H3. The Kier molecular flexibility index (Phi) is 4.02.